The molecule has 2 saturated carbocycles. The Kier molecular flexibility index (Phi) is 8.37. The molecule has 37 heavy (non-hydrogen) atoms. The molecule has 1 aliphatic heterocycles. The summed E-state index contributed by atoms with van der Waals surface area (Å²) >= 11 is 6.72. The molecular weight excluding hydrogens is 508 g/mol. The van der Waals surface area contributed by atoms with Crippen LogP contribution in [0, 0.1) is 23.2 Å². The molecule has 11 atom stereocenters. The predicted molar refractivity (Wildman–Crippen MR) is 130 cm³/mol. The van der Waals surface area contributed by atoms with Crippen molar-refractivity contribution in [3.8, 4) is 0 Å². The molecule has 11 heteroatoms. The maximum atomic E-state index is 12.8. The number of fused-ring (bicyclic) bond motifs is 2. The first-order valence-electron chi connectivity index (χ1n) is 12.5. The van der Waals surface area contributed by atoms with E-state index >= 15 is 0 Å². The summed E-state index contributed by atoms with van der Waals surface area (Å²) in [5, 5.41) is 22.4. The van der Waals surface area contributed by atoms with Gasteiger partial charge >= 0.3 is 23.9 Å². The number of esters is 4. The van der Waals surface area contributed by atoms with Crippen molar-refractivity contribution in [1.82, 2.24) is 0 Å². The normalized spacial score (nSPS) is 44.1. The minimum Gasteiger partial charge on any atom is -0.462 e. The van der Waals surface area contributed by atoms with E-state index in [1.165, 1.54) is 20.8 Å². The number of halogens is 1. The van der Waals surface area contributed by atoms with E-state index in [9.17, 15) is 29.4 Å². The van der Waals surface area contributed by atoms with Gasteiger partial charge in [-0.2, -0.15) is 0 Å². The van der Waals surface area contributed by atoms with Crippen LogP contribution in [-0.4, -0.2) is 75.6 Å². The van der Waals surface area contributed by atoms with Crippen molar-refractivity contribution in [1.29, 1.82) is 0 Å². The van der Waals surface area contributed by atoms with Crippen LogP contribution in [0.15, 0.2) is 12.2 Å². The van der Waals surface area contributed by atoms with Gasteiger partial charge in [0.15, 0.2) is 11.7 Å². The molecule has 3 fully saturated rings. The van der Waals surface area contributed by atoms with Gasteiger partial charge in [-0.1, -0.05) is 26.0 Å². The Morgan fingerprint density at radius 3 is 2.14 bits per heavy atom. The zero-order chi connectivity index (χ0) is 28.0. The number of rotatable bonds is 3. The summed E-state index contributed by atoms with van der Waals surface area (Å²) in [6, 6.07) is 0. The smallest absolute Gasteiger partial charge is 0.312 e. The number of carbonyl (C=O) groups excluding carboxylic acids is 4. The second kappa shape index (κ2) is 10.5. The summed E-state index contributed by atoms with van der Waals surface area (Å²) in [6.45, 7) is 12.5. The lowest BCUT2D eigenvalue weighted by molar-refractivity contribution is -0.253. The van der Waals surface area contributed by atoms with E-state index in [-0.39, 0.29) is 19.3 Å². The quantitative estimate of drug-likeness (QED) is 0.234. The van der Waals surface area contributed by atoms with Gasteiger partial charge in [0.25, 0.3) is 0 Å². The van der Waals surface area contributed by atoms with Crippen LogP contribution in [0.3, 0.4) is 0 Å². The molecule has 0 amide bonds. The number of hydrogen-bond acceptors (Lipinski definition) is 10. The summed E-state index contributed by atoms with van der Waals surface area (Å²) in [4.78, 5) is 49.8. The number of aliphatic hydroxyl groups excluding tert-OH is 1. The Morgan fingerprint density at radius 1 is 1.05 bits per heavy atom. The average Bonchev–Trinajstić information content (AvgIpc) is 3.02. The molecule has 0 bridgehead atoms. The number of hydrogen-bond donors (Lipinski definition) is 2. The van der Waals surface area contributed by atoms with Crippen molar-refractivity contribution in [3.63, 3.8) is 0 Å². The van der Waals surface area contributed by atoms with Gasteiger partial charge in [0.05, 0.1) is 17.4 Å². The first-order chi connectivity index (χ1) is 17.1. The summed E-state index contributed by atoms with van der Waals surface area (Å²) in [5.41, 5.74) is -3.00. The molecule has 0 aromatic heterocycles. The Labute approximate surface area is 221 Å². The highest BCUT2D eigenvalue weighted by molar-refractivity contribution is 6.23. The summed E-state index contributed by atoms with van der Waals surface area (Å²) in [7, 11) is 0. The van der Waals surface area contributed by atoms with E-state index in [4.69, 9.17) is 30.5 Å². The molecule has 1 heterocycles. The molecule has 2 aliphatic carbocycles. The molecule has 10 nitrogen and oxygen atoms in total. The monoisotopic (exact) mass is 544 g/mol. The van der Waals surface area contributed by atoms with E-state index in [2.05, 4.69) is 6.58 Å². The van der Waals surface area contributed by atoms with Crippen LogP contribution in [0.5, 0.6) is 0 Å². The highest BCUT2D eigenvalue weighted by atomic mass is 35.5. The maximum absolute atomic E-state index is 12.8. The van der Waals surface area contributed by atoms with Crippen LogP contribution in [0.25, 0.3) is 0 Å². The third kappa shape index (κ3) is 5.00. The Bertz CT molecular complexity index is 967. The molecule has 11 unspecified atom stereocenters. The van der Waals surface area contributed by atoms with E-state index < -0.39 is 88.5 Å². The lowest BCUT2D eigenvalue weighted by Crippen LogP contribution is -2.69. The zero-order valence-electron chi connectivity index (χ0n) is 22.1. The first-order valence-corrected chi connectivity index (χ1v) is 12.9. The fourth-order valence-electron chi connectivity index (χ4n) is 6.57. The van der Waals surface area contributed by atoms with Gasteiger partial charge in [0.2, 0.25) is 0 Å². The summed E-state index contributed by atoms with van der Waals surface area (Å²) < 4.78 is 22.9. The van der Waals surface area contributed by atoms with Crippen molar-refractivity contribution >= 4 is 35.5 Å². The largest absolute Gasteiger partial charge is 0.462 e. The van der Waals surface area contributed by atoms with Crippen LogP contribution < -0.4 is 0 Å². The SMILES string of the molecule is C=C1CCC(OC(C)=O)C2(C)C(OC(C)=O)CC(O)C(C)C2C(OC(C)=O)C2(O)C(C)C(=O)OC2C1Cl. The lowest BCUT2D eigenvalue weighted by atomic mass is 9.52. The Balaban J connectivity index is 2.37. The van der Waals surface area contributed by atoms with E-state index in [0.29, 0.717) is 5.57 Å². The van der Waals surface area contributed by atoms with Gasteiger partial charge in [-0.15, -0.1) is 11.6 Å². The number of aliphatic hydroxyl groups is 2. The molecule has 3 rings (SSSR count). The van der Waals surface area contributed by atoms with Crippen molar-refractivity contribution < 1.29 is 48.3 Å². The highest BCUT2D eigenvalue weighted by Crippen LogP contribution is 2.57. The molecule has 1 saturated heterocycles. The van der Waals surface area contributed by atoms with Crippen molar-refractivity contribution in [2.45, 2.75) is 102 Å². The van der Waals surface area contributed by atoms with E-state index in [1.807, 2.05) is 0 Å². The van der Waals surface area contributed by atoms with Gasteiger partial charge in [-0.3, -0.25) is 19.2 Å². The molecule has 0 aromatic carbocycles. The van der Waals surface area contributed by atoms with Crippen molar-refractivity contribution in [3.05, 3.63) is 12.2 Å². The molecule has 208 valence electrons. The number of ether oxygens (including phenoxy) is 4. The maximum Gasteiger partial charge on any atom is 0.312 e. The van der Waals surface area contributed by atoms with Gasteiger partial charge in [-0.25, -0.2) is 0 Å². The molecule has 0 spiro atoms. The topological polar surface area (TPSA) is 146 Å². The third-order valence-electron chi connectivity index (χ3n) is 8.56. The molecule has 2 N–H and O–H groups in total. The van der Waals surface area contributed by atoms with Crippen LogP contribution in [-0.2, 0) is 38.1 Å². The molecule has 0 aromatic rings. The molecule has 0 radical (unpaired) electrons. The number of carbonyl (C=O) groups is 4. The van der Waals surface area contributed by atoms with E-state index in [1.54, 1.807) is 13.8 Å². The second-order valence-electron chi connectivity index (χ2n) is 10.8. The van der Waals surface area contributed by atoms with Crippen LogP contribution in [0.4, 0.5) is 0 Å². The summed E-state index contributed by atoms with van der Waals surface area (Å²) in [5.74, 6) is -5.51. The number of alkyl halides is 1. The van der Waals surface area contributed by atoms with Crippen molar-refractivity contribution in [2.24, 2.45) is 23.2 Å². The Hall–Kier alpha value is -2.17. The first kappa shape index (κ1) is 29.4. The average molecular weight is 545 g/mol. The van der Waals surface area contributed by atoms with Gasteiger partial charge in [0.1, 0.15) is 18.3 Å². The fraction of sp³-hybridized carbons (Fsp3) is 0.769. The second-order valence-corrected chi connectivity index (χ2v) is 11.3. The van der Waals surface area contributed by atoms with Crippen LogP contribution in [0.1, 0.15) is 60.8 Å². The van der Waals surface area contributed by atoms with E-state index in [0.717, 1.165) is 6.92 Å². The Morgan fingerprint density at radius 2 is 1.59 bits per heavy atom. The van der Waals surface area contributed by atoms with Crippen LogP contribution in [0.2, 0.25) is 0 Å². The van der Waals surface area contributed by atoms with Gasteiger partial charge < -0.3 is 29.2 Å². The zero-order valence-corrected chi connectivity index (χ0v) is 22.8. The third-order valence-corrected chi connectivity index (χ3v) is 9.09. The minimum atomic E-state index is -2.14. The van der Waals surface area contributed by atoms with Crippen molar-refractivity contribution in [2.75, 3.05) is 0 Å². The standard InChI is InChI=1S/C26H37ClO10/c1-11-8-9-18(34-14(4)28)25(7)19(35-15(5)29)10-17(31)12(2)20(25)22(36-16(6)30)26(33)13(3)24(32)37-23(26)21(11)27/h12-13,17-23,31,33H,1,8-10H2,2-7H3. The van der Waals surface area contributed by atoms with Gasteiger partial charge in [0, 0.05) is 38.5 Å². The lowest BCUT2D eigenvalue weighted by Gasteiger charge is -2.58. The molecule has 3 aliphatic rings. The molecular formula is C26H37ClO10. The minimum absolute atomic E-state index is 0.0181. The van der Waals surface area contributed by atoms with Gasteiger partial charge in [-0.05, 0) is 25.7 Å². The predicted octanol–water partition coefficient (Wildman–Crippen LogP) is 2.05. The van der Waals surface area contributed by atoms with Crippen LogP contribution >= 0.6 is 11.6 Å². The highest BCUT2D eigenvalue weighted by Gasteiger charge is 2.70. The summed E-state index contributed by atoms with van der Waals surface area (Å²) in [6.07, 6.45) is -5.27. The fourth-order valence-corrected chi connectivity index (χ4v) is 6.93.